The second-order valence-electron chi connectivity index (χ2n) is 5.90. The van der Waals surface area contributed by atoms with Crippen molar-refractivity contribution in [2.24, 2.45) is 0 Å². The Morgan fingerprint density at radius 2 is 1.90 bits per heavy atom. The first-order valence-corrected chi connectivity index (χ1v) is 8.18. The fraction of sp³-hybridized carbons (Fsp3) is 0.368. The van der Waals surface area contributed by atoms with Crippen LogP contribution < -0.4 is 5.32 Å². The van der Waals surface area contributed by atoms with Crippen LogP contribution >= 0.6 is 11.6 Å². The highest BCUT2D eigenvalue weighted by Gasteiger charge is 2.19. The van der Waals surface area contributed by atoms with E-state index in [1.165, 1.54) is 47.1 Å². The van der Waals surface area contributed by atoms with E-state index in [0.717, 1.165) is 11.6 Å². The predicted molar refractivity (Wildman–Crippen MR) is 90.2 cm³/mol. The Kier molecular flexibility index (Phi) is 4.32. The maximum atomic E-state index is 6.49. The molecule has 0 saturated heterocycles. The third-order valence-corrected chi connectivity index (χ3v) is 4.66. The molecule has 1 aliphatic rings. The maximum absolute atomic E-state index is 6.49. The zero-order chi connectivity index (χ0) is 14.8. The Bertz CT molecular complexity index is 648. The minimum Gasteiger partial charge on any atom is -0.306 e. The summed E-state index contributed by atoms with van der Waals surface area (Å²) in [6.07, 6.45) is 3.73. The molecule has 21 heavy (non-hydrogen) atoms. The Balaban J connectivity index is 2.01. The van der Waals surface area contributed by atoms with Crippen LogP contribution in [-0.2, 0) is 12.8 Å². The maximum Gasteiger partial charge on any atom is 0.0591 e. The van der Waals surface area contributed by atoms with Crippen molar-refractivity contribution in [3.63, 3.8) is 0 Å². The lowest BCUT2D eigenvalue weighted by atomic mass is 9.95. The summed E-state index contributed by atoms with van der Waals surface area (Å²) in [6, 6.07) is 13.4. The topological polar surface area (TPSA) is 12.0 Å². The molecule has 0 bridgehead atoms. The Morgan fingerprint density at radius 1 is 1.10 bits per heavy atom. The van der Waals surface area contributed by atoms with Gasteiger partial charge in [0, 0.05) is 5.02 Å². The number of halogens is 1. The van der Waals surface area contributed by atoms with Crippen LogP contribution in [0, 0.1) is 6.92 Å². The fourth-order valence-electron chi connectivity index (χ4n) is 3.25. The molecule has 2 aromatic rings. The molecule has 1 nitrogen and oxygen atoms in total. The van der Waals surface area contributed by atoms with Crippen molar-refractivity contribution >= 4 is 11.6 Å². The minimum atomic E-state index is 0.175. The Morgan fingerprint density at radius 3 is 2.67 bits per heavy atom. The number of fused-ring (bicyclic) bond motifs is 1. The number of benzene rings is 2. The summed E-state index contributed by atoms with van der Waals surface area (Å²) in [7, 11) is 0. The van der Waals surface area contributed by atoms with Crippen LogP contribution in [0.1, 0.15) is 47.2 Å². The molecule has 110 valence electrons. The molecule has 2 heteroatoms. The number of rotatable bonds is 4. The standard InChI is InChI=1S/C19H22ClN/c1-3-21-19(17-10-7-13(2)11-18(17)20)16-9-8-14-5-4-6-15(14)12-16/h7-12,19,21H,3-6H2,1-2H3. The van der Waals surface area contributed by atoms with Crippen LogP contribution in [0.5, 0.6) is 0 Å². The lowest BCUT2D eigenvalue weighted by molar-refractivity contribution is 0.630. The van der Waals surface area contributed by atoms with Gasteiger partial charge in [0.25, 0.3) is 0 Å². The highest BCUT2D eigenvalue weighted by atomic mass is 35.5. The quantitative estimate of drug-likeness (QED) is 0.852. The lowest BCUT2D eigenvalue weighted by Crippen LogP contribution is -2.22. The number of hydrogen-bond donors (Lipinski definition) is 1. The van der Waals surface area contributed by atoms with Gasteiger partial charge >= 0.3 is 0 Å². The highest BCUT2D eigenvalue weighted by molar-refractivity contribution is 6.31. The Hall–Kier alpha value is -1.31. The van der Waals surface area contributed by atoms with Gasteiger partial charge in [-0.15, -0.1) is 0 Å². The van der Waals surface area contributed by atoms with E-state index in [9.17, 15) is 0 Å². The monoisotopic (exact) mass is 299 g/mol. The van der Waals surface area contributed by atoms with E-state index >= 15 is 0 Å². The van der Waals surface area contributed by atoms with Gasteiger partial charge in [0.15, 0.2) is 0 Å². The van der Waals surface area contributed by atoms with Crippen LogP contribution in [0.2, 0.25) is 5.02 Å². The van der Waals surface area contributed by atoms with E-state index < -0.39 is 0 Å². The molecule has 0 heterocycles. The summed E-state index contributed by atoms with van der Waals surface area (Å²) in [6.45, 7) is 5.14. The first-order chi connectivity index (χ1) is 10.2. The summed E-state index contributed by atoms with van der Waals surface area (Å²) in [5.41, 5.74) is 6.72. The first kappa shape index (κ1) is 14.6. The summed E-state index contributed by atoms with van der Waals surface area (Å²) >= 11 is 6.49. The van der Waals surface area contributed by atoms with Gasteiger partial charge in [-0.2, -0.15) is 0 Å². The van der Waals surface area contributed by atoms with E-state index in [1.54, 1.807) is 0 Å². The average molecular weight is 300 g/mol. The second-order valence-corrected chi connectivity index (χ2v) is 6.30. The summed E-state index contributed by atoms with van der Waals surface area (Å²) in [4.78, 5) is 0. The van der Waals surface area contributed by atoms with Crippen molar-refractivity contribution in [2.45, 2.75) is 39.2 Å². The molecule has 1 atom stereocenters. The van der Waals surface area contributed by atoms with E-state index in [2.05, 4.69) is 55.6 Å². The van der Waals surface area contributed by atoms with Gasteiger partial charge in [0.2, 0.25) is 0 Å². The van der Waals surface area contributed by atoms with Crippen molar-refractivity contribution in [3.05, 3.63) is 69.2 Å². The van der Waals surface area contributed by atoms with E-state index in [-0.39, 0.29) is 6.04 Å². The molecule has 0 spiro atoms. The molecule has 1 unspecified atom stereocenters. The second kappa shape index (κ2) is 6.21. The predicted octanol–water partition coefficient (Wildman–Crippen LogP) is 4.84. The van der Waals surface area contributed by atoms with Crippen LogP contribution in [0.15, 0.2) is 36.4 Å². The van der Waals surface area contributed by atoms with Crippen molar-refractivity contribution < 1.29 is 0 Å². The highest BCUT2D eigenvalue weighted by Crippen LogP contribution is 2.32. The van der Waals surface area contributed by atoms with Gasteiger partial charge in [-0.05, 0) is 66.6 Å². The zero-order valence-corrected chi connectivity index (χ0v) is 13.5. The SMILES string of the molecule is CCNC(c1ccc2c(c1)CCC2)c1ccc(C)cc1Cl. The molecule has 1 aliphatic carbocycles. The lowest BCUT2D eigenvalue weighted by Gasteiger charge is -2.21. The minimum absolute atomic E-state index is 0.175. The molecule has 0 aromatic heterocycles. The molecule has 0 saturated carbocycles. The summed E-state index contributed by atoms with van der Waals surface area (Å²) < 4.78 is 0. The van der Waals surface area contributed by atoms with Crippen LogP contribution in [0.3, 0.4) is 0 Å². The summed E-state index contributed by atoms with van der Waals surface area (Å²) in [5.74, 6) is 0. The molecule has 0 radical (unpaired) electrons. The zero-order valence-electron chi connectivity index (χ0n) is 12.7. The van der Waals surface area contributed by atoms with Crippen molar-refractivity contribution in [3.8, 4) is 0 Å². The molecular formula is C19H22ClN. The molecule has 0 fully saturated rings. The number of hydrogen-bond acceptors (Lipinski definition) is 1. The normalized spacial score (nSPS) is 15.0. The Labute approximate surface area is 132 Å². The number of nitrogens with one attached hydrogen (secondary N) is 1. The summed E-state index contributed by atoms with van der Waals surface area (Å²) in [5, 5.41) is 4.43. The molecule has 2 aromatic carbocycles. The third-order valence-electron chi connectivity index (χ3n) is 4.33. The van der Waals surface area contributed by atoms with Gasteiger partial charge < -0.3 is 5.32 Å². The third kappa shape index (κ3) is 3.00. The molecule has 0 amide bonds. The first-order valence-electron chi connectivity index (χ1n) is 7.80. The van der Waals surface area contributed by atoms with Gasteiger partial charge in [0.05, 0.1) is 6.04 Å². The van der Waals surface area contributed by atoms with Crippen LogP contribution in [-0.4, -0.2) is 6.54 Å². The van der Waals surface area contributed by atoms with Crippen molar-refractivity contribution in [1.82, 2.24) is 5.32 Å². The van der Waals surface area contributed by atoms with E-state index in [1.807, 2.05) is 0 Å². The van der Waals surface area contributed by atoms with Crippen LogP contribution in [0.4, 0.5) is 0 Å². The van der Waals surface area contributed by atoms with Gasteiger partial charge in [-0.1, -0.05) is 48.9 Å². The van der Waals surface area contributed by atoms with Gasteiger partial charge in [-0.3, -0.25) is 0 Å². The molecule has 0 aliphatic heterocycles. The van der Waals surface area contributed by atoms with E-state index in [4.69, 9.17) is 11.6 Å². The van der Waals surface area contributed by atoms with Gasteiger partial charge in [-0.25, -0.2) is 0 Å². The average Bonchev–Trinajstić information content (AvgIpc) is 2.93. The fourth-order valence-corrected chi connectivity index (χ4v) is 3.59. The van der Waals surface area contributed by atoms with Crippen molar-refractivity contribution in [2.75, 3.05) is 6.54 Å². The molecular weight excluding hydrogens is 278 g/mol. The largest absolute Gasteiger partial charge is 0.306 e. The molecule has 3 rings (SSSR count). The van der Waals surface area contributed by atoms with Gasteiger partial charge in [0.1, 0.15) is 0 Å². The van der Waals surface area contributed by atoms with E-state index in [0.29, 0.717) is 0 Å². The van der Waals surface area contributed by atoms with Crippen molar-refractivity contribution in [1.29, 1.82) is 0 Å². The number of aryl methyl sites for hydroxylation is 3. The van der Waals surface area contributed by atoms with Crippen LogP contribution in [0.25, 0.3) is 0 Å². The molecule has 1 N–H and O–H groups in total. The smallest absolute Gasteiger partial charge is 0.0591 e.